The maximum Gasteiger partial charge on any atom is 0.434 e. The third kappa shape index (κ3) is 5.35. The van der Waals surface area contributed by atoms with Gasteiger partial charge >= 0.3 is 12.4 Å². The second-order valence-electron chi connectivity index (χ2n) is 7.51. The number of alkyl halides is 6. The second-order valence-corrected chi connectivity index (χ2v) is 9.92. The molecular weight excluding hydrogens is 418 g/mol. The van der Waals surface area contributed by atoms with Crippen molar-refractivity contribution in [2.24, 2.45) is 11.8 Å². The molecule has 0 amide bonds. The number of aromatic nitrogens is 1. The van der Waals surface area contributed by atoms with Crippen LogP contribution in [0.3, 0.4) is 0 Å². The van der Waals surface area contributed by atoms with Crippen LogP contribution in [0.2, 0.25) is 5.02 Å². The molecule has 1 aromatic heterocycles. The summed E-state index contributed by atoms with van der Waals surface area (Å²) in [5.41, 5.74) is -1.45. The van der Waals surface area contributed by atoms with E-state index in [0.717, 1.165) is 6.07 Å². The van der Waals surface area contributed by atoms with Crippen molar-refractivity contribution in [2.45, 2.75) is 56.8 Å². The lowest BCUT2D eigenvalue weighted by Crippen LogP contribution is -2.45. The lowest BCUT2D eigenvalue weighted by Gasteiger charge is -2.41. The van der Waals surface area contributed by atoms with Crippen LogP contribution >= 0.6 is 11.6 Å². The molecule has 0 aliphatic heterocycles. The Balaban J connectivity index is 2.35. The van der Waals surface area contributed by atoms with Gasteiger partial charge in [-0.1, -0.05) is 11.6 Å². The molecule has 1 saturated carbocycles. The van der Waals surface area contributed by atoms with E-state index < -0.39 is 56.7 Å². The average molecular weight is 437 g/mol. The van der Waals surface area contributed by atoms with Crippen LogP contribution in [0.25, 0.3) is 0 Å². The van der Waals surface area contributed by atoms with E-state index in [9.17, 15) is 30.6 Å². The van der Waals surface area contributed by atoms with Crippen molar-refractivity contribution in [1.29, 1.82) is 0 Å². The zero-order valence-corrected chi connectivity index (χ0v) is 16.3. The van der Waals surface area contributed by atoms with Gasteiger partial charge in [0.25, 0.3) is 0 Å². The Morgan fingerprint density at radius 3 is 2.15 bits per heavy atom. The molecule has 1 N–H and O–H groups in total. The van der Waals surface area contributed by atoms with Gasteiger partial charge in [-0.2, -0.15) is 26.3 Å². The molecule has 27 heavy (non-hydrogen) atoms. The first-order valence-electron chi connectivity index (χ1n) is 8.09. The van der Waals surface area contributed by atoms with E-state index in [1.54, 1.807) is 20.8 Å². The molecular formula is C16H19ClF6N2OS. The molecule has 0 saturated heterocycles. The molecule has 3 nitrogen and oxygen atoms in total. The molecule has 11 heteroatoms. The van der Waals surface area contributed by atoms with E-state index in [0.29, 0.717) is 0 Å². The zero-order chi connectivity index (χ0) is 20.8. The van der Waals surface area contributed by atoms with Crippen LogP contribution in [0, 0.1) is 11.8 Å². The normalized spacial score (nSPS) is 23.6. The number of rotatable bonds is 4. The predicted molar refractivity (Wildman–Crippen MR) is 90.3 cm³/mol. The summed E-state index contributed by atoms with van der Waals surface area (Å²) in [6.45, 7) is 4.93. The van der Waals surface area contributed by atoms with Gasteiger partial charge in [-0.15, -0.1) is 0 Å². The highest BCUT2D eigenvalue weighted by Gasteiger charge is 2.51. The standard InChI is InChI=1S/C16H19ClF6N2OS/c1-14(2,3)27(26)25-12(8-6-9(7-8)15(18,19)20)11-5-4-10(17)13(24-11)16(21,22)23/h4-5,8-9,12,25H,6-7H2,1-3H3. The van der Waals surface area contributed by atoms with E-state index >= 15 is 0 Å². The van der Waals surface area contributed by atoms with Crippen LogP contribution in [0.5, 0.6) is 0 Å². The topological polar surface area (TPSA) is 42.0 Å². The predicted octanol–water partition coefficient (Wildman–Crippen LogP) is 5.44. The summed E-state index contributed by atoms with van der Waals surface area (Å²) in [6, 6.07) is 1.21. The fourth-order valence-electron chi connectivity index (χ4n) is 2.72. The molecule has 2 rings (SSSR count). The number of hydrogen-bond donors (Lipinski definition) is 1. The summed E-state index contributed by atoms with van der Waals surface area (Å²) in [6.07, 6.45) is -9.72. The van der Waals surface area contributed by atoms with Crippen LogP contribution in [-0.4, -0.2) is 20.1 Å². The smallest absolute Gasteiger partial charge is 0.245 e. The van der Waals surface area contributed by atoms with E-state index in [2.05, 4.69) is 9.71 Å². The molecule has 0 spiro atoms. The highest BCUT2D eigenvalue weighted by molar-refractivity contribution is 7.84. The van der Waals surface area contributed by atoms with Gasteiger partial charge in [-0.05, 0) is 51.7 Å². The van der Waals surface area contributed by atoms with Gasteiger partial charge in [0.15, 0.2) is 5.69 Å². The van der Waals surface area contributed by atoms with Crippen molar-refractivity contribution in [1.82, 2.24) is 9.71 Å². The van der Waals surface area contributed by atoms with Crippen molar-refractivity contribution in [3.8, 4) is 0 Å². The molecule has 0 radical (unpaired) electrons. The average Bonchev–Trinajstić information content (AvgIpc) is 2.41. The molecule has 2 atom stereocenters. The molecule has 154 valence electrons. The maximum absolute atomic E-state index is 13.1. The van der Waals surface area contributed by atoms with Gasteiger partial charge < -0.3 is 0 Å². The molecule has 1 heterocycles. The molecule has 2 unspecified atom stereocenters. The van der Waals surface area contributed by atoms with Crippen LogP contribution in [0.4, 0.5) is 26.3 Å². The number of pyridine rings is 1. The zero-order valence-electron chi connectivity index (χ0n) is 14.7. The fraction of sp³-hybridized carbons (Fsp3) is 0.688. The van der Waals surface area contributed by atoms with Gasteiger partial charge in [-0.3, -0.25) is 0 Å². The summed E-state index contributed by atoms with van der Waals surface area (Å²) in [5, 5.41) is -0.608. The van der Waals surface area contributed by atoms with Crippen LogP contribution < -0.4 is 4.72 Å². The Hall–Kier alpha value is -0.870. The van der Waals surface area contributed by atoms with Crippen LogP contribution in [-0.2, 0) is 17.2 Å². The van der Waals surface area contributed by atoms with E-state index in [4.69, 9.17) is 11.6 Å². The fourth-order valence-corrected chi connectivity index (χ4v) is 3.83. The van der Waals surface area contributed by atoms with E-state index in [1.807, 2.05) is 0 Å². The Labute approximate surface area is 160 Å². The molecule has 1 fully saturated rings. The van der Waals surface area contributed by atoms with Crippen LogP contribution in [0.15, 0.2) is 12.1 Å². The molecule has 0 bridgehead atoms. The minimum Gasteiger partial charge on any atom is -0.245 e. The Bertz CT molecular complexity index is 710. The minimum atomic E-state index is -4.81. The van der Waals surface area contributed by atoms with E-state index in [1.165, 1.54) is 6.07 Å². The Morgan fingerprint density at radius 1 is 1.15 bits per heavy atom. The first-order valence-corrected chi connectivity index (χ1v) is 9.62. The van der Waals surface area contributed by atoms with Crippen molar-refractivity contribution < 1.29 is 30.6 Å². The van der Waals surface area contributed by atoms with Gasteiger partial charge in [0.05, 0.1) is 38.4 Å². The van der Waals surface area contributed by atoms with Crippen LogP contribution in [0.1, 0.15) is 51.0 Å². The highest BCUT2D eigenvalue weighted by Crippen LogP contribution is 2.49. The summed E-state index contributed by atoms with van der Waals surface area (Å²) in [7, 11) is -1.71. The van der Waals surface area contributed by atoms with Crippen molar-refractivity contribution in [3.63, 3.8) is 0 Å². The third-order valence-corrected chi connectivity index (χ3v) is 6.24. The van der Waals surface area contributed by atoms with Crippen molar-refractivity contribution in [2.75, 3.05) is 0 Å². The number of halogens is 7. The lowest BCUT2D eigenvalue weighted by atomic mass is 9.70. The van der Waals surface area contributed by atoms with Gasteiger partial charge in [0.1, 0.15) is 0 Å². The van der Waals surface area contributed by atoms with Crippen molar-refractivity contribution >= 4 is 22.6 Å². The van der Waals surface area contributed by atoms with Gasteiger partial charge in [0.2, 0.25) is 0 Å². The summed E-state index contributed by atoms with van der Waals surface area (Å²) >= 11 is 5.56. The van der Waals surface area contributed by atoms with Gasteiger partial charge in [-0.25, -0.2) is 13.9 Å². The molecule has 1 aliphatic carbocycles. The monoisotopic (exact) mass is 436 g/mol. The molecule has 1 aromatic rings. The van der Waals surface area contributed by atoms with Crippen molar-refractivity contribution in [3.05, 3.63) is 28.5 Å². The number of nitrogens with one attached hydrogen (secondary N) is 1. The first-order chi connectivity index (χ1) is 12.1. The minimum absolute atomic E-state index is 0.130. The first kappa shape index (κ1) is 22.4. The summed E-state index contributed by atoms with van der Waals surface area (Å²) in [5.74, 6) is -2.16. The molecule has 1 aliphatic rings. The number of hydrogen-bond acceptors (Lipinski definition) is 2. The molecule has 0 aromatic carbocycles. The Kier molecular flexibility index (Phi) is 6.24. The SMILES string of the molecule is CC(C)(C)S(=O)NC(c1ccc(Cl)c(C(F)(F)F)n1)C1CC(C(F)(F)F)C1. The van der Waals surface area contributed by atoms with Gasteiger partial charge in [0, 0.05) is 0 Å². The lowest BCUT2D eigenvalue weighted by molar-refractivity contribution is -0.206. The summed E-state index contributed by atoms with van der Waals surface area (Å²) in [4.78, 5) is 3.53. The Morgan fingerprint density at radius 2 is 1.70 bits per heavy atom. The largest absolute Gasteiger partial charge is 0.434 e. The quantitative estimate of drug-likeness (QED) is 0.639. The van der Waals surface area contributed by atoms with E-state index in [-0.39, 0.29) is 18.5 Å². The number of nitrogens with zero attached hydrogens (tertiary/aromatic N) is 1. The highest BCUT2D eigenvalue weighted by atomic mass is 35.5. The maximum atomic E-state index is 13.1. The third-order valence-electron chi connectivity index (χ3n) is 4.35. The second kappa shape index (κ2) is 7.51. The summed E-state index contributed by atoms with van der Waals surface area (Å²) < 4.78 is 92.0.